The molecular weight excluding hydrogens is 368 g/mol. The first kappa shape index (κ1) is 22.8. The van der Waals surface area contributed by atoms with Gasteiger partial charge in [-0.25, -0.2) is 0 Å². The Hall–Kier alpha value is -0.340. The molecule has 4 rings (SSSR count). The molecule has 0 saturated heterocycles. The van der Waals surface area contributed by atoms with Crippen molar-refractivity contribution in [1.82, 2.24) is 0 Å². The van der Waals surface area contributed by atoms with Gasteiger partial charge in [0.05, 0.1) is 11.7 Å². The number of rotatable bonds is 7. The van der Waals surface area contributed by atoms with Gasteiger partial charge in [0.15, 0.2) is 0 Å². The van der Waals surface area contributed by atoms with Crippen LogP contribution in [0.5, 0.6) is 0 Å². The van der Waals surface area contributed by atoms with Crippen LogP contribution in [0.1, 0.15) is 111 Å². The minimum atomic E-state index is -0.419. The lowest BCUT2D eigenvalue weighted by molar-refractivity contribution is -0.0461. The summed E-state index contributed by atoms with van der Waals surface area (Å²) in [5.41, 5.74) is 1.74. The summed E-state index contributed by atoms with van der Waals surface area (Å²) in [6.07, 6.45) is 17.9. The van der Waals surface area contributed by atoms with Gasteiger partial charge in [0, 0.05) is 0 Å². The number of hydrogen-bond acceptors (Lipinski definition) is 2. The van der Waals surface area contributed by atoms with Crippen LogP contribution >= 0.6 is 0 Å². The van der Waals surface area contributed by atoms with E-state index in [-0.39, 0.29) is 6.10 Å². The molecule has 9 atom stereocenters. The molecule has 3 fully saturated rings. The van der Waals surface area contributed by atoms with Crippen LogP contribution in [0.4, 0.5) is 0 Å². The molecule has 4 aliphatic carbocycles. The van der Waals surface area contributed by atoms with Crippen LogP contribution in [0.25, 0.3) is 0 Å². The van der Waals surface area contributed by atoms with Crippen molar-refractivity contribution < 1.29 is 10.2 Å². The predicted octanol–water partition coefficient (Wildman–Crippen LogP) is 6.89. The summed E-state index contributed by atoms with van der Waals surface area (Å²) in [4.78, 5) is 0. The second kappa shape index (κ2) is 8.89. The molecule has 0 aromatic rings. The maximum Gasteiger partial charge on any atom is 0.0682 e. The highest BCUT2D eigenvalue weighted by Crippen LogP contribution is 2.65. The molecule has 4 aliphatic rings. The van der Waals surface area contributed by atoms with Gasteiger partial charge in [-0.05, 0) is 112 Å². The maximum absolute atomic E-state index is 10.9. The third kappa shape index (κ3) is 4.05. The average molecular weight is 417 g/mol. The summed E-state index contributed by atoms with van der Waals surface area (Å²) in [5, 5.41) is 20.8. The Morgan fingerprint density at radius 3 is 2.60 bits per heavy atom. The third-order valence-electron chi connectivity index (χ3n) is 10.7. The molecule has 0 aliphatic heterocycles. The molecule has 0 spiro atoms. The van der Waals surface area contributed by atoms with E-state index < -0.39 is 5.60 Å². The molecule has 2 N–H and O–H groups in total. The zero-order chi connectivity index (χ0) is 21.5. The number of fused-ring (bicyclic) bond motifs is 5. The van der Waals surface area contributed by atoms with Crippen LogP contribution in [0.2, 0.25) is 0 Å². The Balaban J connectivity index is 1.42. The Kier molecular flexibility index (Phi) is 6.77. The van der Waals surface area contributed by atoms with Crippen molar-refractivity contribution in [2.45, 2.75) is 123 Å². The molecule has 0 amide bonds. The monoisotopic (exact) mass is 416 g/mol. The van der Waals surface area contributed by atoms with Gasteiger partial charge in [-0.2, -0.15) is 0 Å². The van der Waals surface area contributed by atoms with Gasteiger partial charge in [0.2, 0.25) is 0 Å². The summed E-state index contributed by atoms with van der Waals surface area (Å²) in [6, 6.07) is 0. The van der Waals surface area contributed by atoms with E-state index in [1.165, 1.54) is 51.4 Å². The molecule has 172 valence electrons. The predicted molar refractivity (Wildman–Crippen MR) is 125 cm³/mol. The summed E-state index contributed by atoms with van der Waals surface area (Å²) < 4.78 is 0. The van der Waals surface area contributed by atoms with Crippen LogP contribution in [0, 0.1) is 40.9 Å². The molecular formula is C28H48O2. The van der Waals surface area contributed by atoms with E-state index in [0.717, 1.165) is 67.6 Å². The Morgan fingerprint density at radius 2 is 1.87 bits per heavy atom. The summed E-state index contributed by atoms with van der Waals surface area (Å²) >= 11 is 0. The standard InChI is InChI=1S/C28H48O2/c1-5-21(29)9-7-8-19(3)25-12-13-26-24-11-10-20-18-28(30,6-2)17-15-22(20)23(24)14-16-27(25,26)4/h10,19,21-26,29-30H,5-9,11-18H2,1-4H3/t19?,21?,22-,23+,24+,25+,26-,27+,28-/m0/s1. The molecule has 0 bridgehead atoms. The molecule has 2 nitrogen and oxygen atoms in total. The first-order valence-electron chi connectivity index (χ1n) is 13.4. The minimum absolute atomic E-state index is 0.0939. The van der Waals surface area contributed by atoms with Crippen LogP contribution in [-0.2, 0) is 0 Å². The zero-order valence-corrected chi connectivity index (χ0v) is 20.2. The topological polar surface area (TPSA) is 40.5 Å². The van der Waals surface area contributed by atoms with Crippen LogP contribution in [-0.4, -0.2) is 21.9 Å². The normalized spacial score (nSPS) is 45.1. The molecule has 30 heavy (non-hydrogen) atoms. The van der Waals surface area contributed by atoms with Gasteiger partial charge in [-0.3, -0.25) is 0 Å². The number of aliphatic hydroxyl groups is 2. The van der Waals surface area contributed by atoms with E-state index in [1.54, 1.807) is 5.57 Å². The minimum Gasteiger partial charge on any atom is -0.393 e. The quantitative estimate of drug-likeness (QED) is 0.443. The van der Waals surface area contributed by atoms with Crippen molar-refractivity contribution in [3.63, 3.8) is 0 Å². The zero-order valence-electron chi connectivity index (χ0n) is 20.2. The largest absolute Gasteiger partial charge is 0.393 e. The Bertz CT molecular complexity index is 626. The van der Waals surface area contributed by atoms with Crippen molar-refractivity contribution >= 4 is 0 Å². The van der Waals surface area contributed by atoms with Gasteiger partial charge in [-0.15, -0.1) is 0 Å². The summed E-state index contributed by atoms with van der Waals surface area (Å²) in [6.45, 7) is 9.41. The fourth-order valence-electron chi connectivity index (χ4n) is 8.72. The van der Waals surface area contributed by atoms with Gasteiger partial charge >= 0.3 is 0 Å². The summed E-state index contributed by atoms with van der Waals surface area (Å²) in [7, 11) is 0. The van der Waals surface area contributed by atoms with Crippen molar-refractivity contribution in [3.8, 4) is 0 Å². The SMILES string of the molecule is CCC(O)CCCC(C)[C@H]1CC[C@H]2[C@@H]3CC=C4C[C@](O)(CC)CC[C@@H]4[C@H]3CC[C@]12C. The highest BCUT2D eigenvalue weighted by molar-refractivity contribution is 5.22. The Morgan fingerprint density at radius 1 is 1.07 bits per heavy atom. The molecule has 0 radical (unpaired) electrons. The third-order valence-corrected chi connectivity index (χ3v) is 10.7. The number of hydrogen-bond donors (Lipinski definition) is 2. The fraction of sp³-hybridized carbons (Fsp3) is 0.929. The van der Waals surface area contributed by atoms with Gasteiger partial charge in [0.25, 0.3) is 0 Å². The second-order valence-electron chi connectivity index (χ2n) is 12.0. The highest BCUT2D eigenvalue weighted by atomic mass is 16.3. The van der Waals surface area contributed by atoms with Crippen LogP contribution in [0.3, 0.4) is 0 Å². The van der Waals surface area contributed by atoms with E-state index in [9.17, 15) is 10.2 Å². The van der Waals surface area contributed by atoms with E-state index in [1.807, 2.05) is 0 Å². The first-order chi connectivity index (χ1) is 14.3. The van der Waals surface area contributed by atoms with Crippen molar-refractivity contribution in [1.29, 1.82) is 0 Å². The lowest BCUT2D eigenvalue weighted by Crippen LogP contribution is -2.48. The molecule has 2 heteroatoms. The molecule has 3 saturated carbocycles. The van der Waals surface area contributed by atoms with Crippen molar-refractivity contribution in [2.75, 3.05) is 0 Å². The Labute approximate surface area is 185 Å². The van der Waals surface area contributed by atoms with Gasteiger partial charge in [0.1, 0.15) is 0 Å². The molecule has 0 heterocycles. The van der Waals surface area contributed by atoms with Gasteiger partial charge < -0.3 is 10.2 Å². The maximum atomic E-state index is 10.9. The summed E-state index contributed by atoms with van der Waals surface area (Å²) in [5.74, 6) is 5.14. The lowest BCUT2D eigenvalue weighted by atomic mass is 9.50. The van der Waals surface area contributed by atoms with Crippen LogP contribution in [0.15, 0.2) is 11.6 Å². The van der Waals surface area contributed by atoms with E-state index in [4.69, 9.17) is 0 Å². The lowest BCUT2D eigenvalue weighted by Gasteiger charge is -2.55. The molecule has 0 aromatic carbocycles. The van der Waals surface area contributed by atoms with Crippen molar-refractivity contribution in [3.05, 3.63) is 11.6 Å². The van der Waals surface area contributed by atoms with E-state index >= 15 is 0 Å². The smallest absolute Gasteiger partial charge is 0.0682 e. The first-order valence-corrected chi connectivity index (χ1v) is 13.4. The van der Waals surface area contributed by atoms with E-state index in [0.29, 0.717) is 5.41 Å². The second-order valence-corrected chi connectivity index (χ2v) is 12.0. The van der Waals surface area contributed by atoms with Crippen molar-refractivity contribution in [2.24, 2.45) is 40.9 Å². The molecule has 2 unspecified atom stereocenters. The van der Waals surface area contributed by atoms with Crippen LogP contribution < -0.4 is 0 Å². The fourth-order valence-corrected chi connectivity index (χ4v) is 8.72. The average Bonchev–Trinajstić information content (AvgIpc) is 3.10. The molecule has 0 aromatic heterocycles. The number of allylic oxidation sites excluding steroid dienone is 1. The number of aliphatic hydroxyl groups excluding tert-OH is 1. The van der Waals surface area contributed by atoms with E-state index in [2.05, 4.69) is 33.8 Å². The highest BCUT2D eigenvalue weighted by Gasteiger charge is 2.57. The van der Waals surface area contributed by atoms with Gasteiger partial charge in [-0.1, -0.05) is 52.2 Å².